The summed E-state index contributed by atoms with van der Waals surface area (Å²) in [7, 11) is 3.07. The second-order valence-corrected chi connectivity index (χ2v) is 4.64. The Bertz CT molecular complexity index is 535. The van der Waals surface area contributed by atoms with Crippen molar-refractivity contribution in [1.82, 2.24) is 0 Å². The van der Waals surface area contributed by atoms with E-state index in [2.05, 4.69) is 0 Å². The van der Waals surface area contributed by atoms with Gasteiger partial charge in [-0.1, -0.05) is 0 Å². The Labute approximate surface area is 117 Å². The van der Waals surface area contributed by atoms with Crippen LogP contribution in [0.5, 0.6) is 11.5 Å². The van der Waals surface area contributed by atoms with Crippen LogP contribution in [0, 0.1) is 5.92 Å². The molecule has 0 bridgehead atoms. The third-order valence-corrected chi connectivity index (χ3v) is 3.43. The number of fused-ring (bicyclic) bond motifs is 1. The number of hydrogen-bond acceptors (Lipinski definition) is 5. The van der Waals surface area contributed by atoms with Crippen molar-refractivity contribution in [2.75, 3.05) is 20.8 Å². The van der Waals surface area contributed by atoms with Gasteiger partial charge in [-0.2, -0.15) is 0 Å². The van der Waals surface area contributed by atoms with E-state index in [0.717, 1.165) is 5.56 Å². The molecule has 0 radical (unpaired) electrons. The first kappa shape index (κ1) is 14.4. The molecule has 5 heteroatoms. The Hall–Kier alpha value is -2.04. The van der Waals surface area contributed by atoms with Gasteiger partial charge in [0, 0.05) is 12.0 Å². The van der Waals surface area contributed by atoms with Crippen LogP contribution < -0.4 is 9.47 Å². The van der Waals surface area contributed by atoms with Crippen LogP contribution in [-0.2, 0) is 16.0 Å². The van der Waals surface area contributed by atoms with E-state index >= 15 is 0 Å². The minimum Gasteiger partial charge on any atom is -0.493 e. The summed E-state index contributed by atoms with van der Waals surface area (Å²) in [5.74, 6) is 0.289. The van der Waals surface area contributed by atoms with E-state index < -0.39 is 5.92 Å². The first-order chi connectivity index (χ1) is 9.60. The summed E-state index contributed by atoms with van der Waals surface area (Å²) in [6, 6.07) is 3.44. The maximum absolute atomic E-state index is 12.2. The van der Waals surface area contributed by atoms with Crippen LogP contribution in [-0.4, -0.2) is 32.6 Å². The molecule has 0 unspecified atom stereocenters. The molecule has 1 aliphatic carbocycles. The number of esters is 1. The smallest absolute Gasteiger partial charge is 0.309 e. The molecule has 20 heavy (non-hydrogen) atoms. The number of ether oxygens (including phenoxy) is 3. The zero-order valence-electron chi connectivity index (χ0n) is 11.9. The van der Waals surface area contributed by atoms with Crippen molar-refractivity contribution < 1.29 is 23.8 Å². The quantitative estimate of drug-likeness (QED) is 0.788. The lowest BCUT2D eigenvalue weighted by atomic mass is 9.82. The number of methoxy groups -OCH3 is 2. The second kappa shape index (κ2) is 5.94. The Morgan fingerprint density at radius 2 is 1.85 bits per heavy atom. The van der Waals surface area contributed by atoms with E-state index in [0.29, 0.717) is 30.1 Å². The molecule has 1 atom stereocenters. The molecule has 108 valence electrons. The molecule has 0 spiro atoms. The molecule has 1 aliphatic rings. The minimum absolute atomic E-state index is 0.0646. The lowest BCUT2D eigenvalue weighted by molar-refractivity contribution is -0.148. The number of ketones is 1. The number of carbonyl (C=O) groups excluding carboxylic acids is 2. The molecule has 0 aliphatic heterocycles. The van der Waals surface area contributed by atoms with Crippen molar-refractivity contribution >= 4 is 11.8 Å². The summed E-state index contributed by atoms with van der Waals surface area (Å²) in [5, 5.41) is 0. The van der Waals surface area contributed by atoms with Crippen molar-refractivity contribution in [3.63, 3.8) is 0 Å². The van der Waals surface area contributed by atoms with Gasteiger partial charge < -0.3 is 14.2 Å². The minimum atomic E-state index is -0.409. The zero-order chi connectivity index (χ0) is 14.7. The fourth-order valence-electron chi connectivity index (χ4n) is 2.45. The lowest BCUT2D eigenvalue weighted by Gasteiger charge is -2.23. The van der Waals surface area contributed by atoms with Crippen LogP contribution in [0.2, 0.25) is 0 Å². The highest BCUT2D eigenvalue weighted by Crippen LogP contribution is 2.35. The van der Waals surface area contributed by atoms with E-state index in [1.807, 2.05) is 0 Å². The molecular weight excluding hydrogens is 260 g/mol. The van der Waals surface area contributed by atoms with Crippen LogP contribution >= 0.6 is 0 Å². The van der Waals surface area contributed by atoms with Gasteiger partial charge >= 0.3 is 5.97 Å². The fourth-order valence-corrected chi connectivity index (χ4v) is 2.45. The number of carbonyl (C=O) groups is 2. The van der Waals surface area contributed by atoms with Gasteiger partial charge in [0.25, 0.3) is 0 Å². The molecule has 0 N–H and O–H groups in total. The molecule has 0 heterocycles. The highest BCUT2D eigenvalue weighted by atomic mass is 16.5. The SMILES string of the molecule is CCOC(=O)[C@@H]1CC(=O)c2cc(OC)c(OC)cc2C1. The lowest BCUT2D eigenvalue weighted by Crippen LogP contribution is -2.28. The standard InChI is InChI=1S/C15H18O5/c1-4-20-15(17)10-5-9-7-13(18-2)14(19-3)8-11(9)12(16)6-10/h7-8,10H,4-6H2,1-3H3/t10-/m0/s1. The Balaban J connectivity index is 2.34. The van der Waals surface area contributed by atoms with E-state index in [9.17, 15) is 9.59 Å². The van der Waals surface area contributed by atoms with Gasteiger partial charge in [0.2, 0.25) is 0 Å². The second-order valence-electron chi connectivity index (χ2n) is 4.64. The normalized spacial score (nSPS) is 17.4. The summed E-state index contributed by atoms with van der Waals surface area (Å²) in [5.41, 5.74) is 1.40. The largest absolute Gasteiger partial charge is 0.493 e. The summed E-state index contributed by atoms with van der Waals surface area (Å²) in [4.78, 5) is 24.0. The number of rotatable bonds is 4. The zero-order valence-corrected chi connectivity index (χ0v) is 11.9. The average Bonchev–Trinajstić information content (AvgIpc) is 2.46. The van der Waals surface area contributed by atoms with Gasteiger partial charge in [-0.15, -0.1) is 0 Å². The van der Waals surface area contributed by atoms with Gasteiger partial charge in [0.15, 0.2) is 17.3 Å². The first-order valence-corrected chi connectivity index (χ1v) is 6.55. The van der Waals surface area contributed by atoms with Gasteiger partial charge in [-0.05, 0) is 31.0 Å². The molecule has 0 aromatic heterocycles. The number of Topliss-reactive ketones (excluding diaryl/α,β-unsaturated/α-hetero) is 1. The Kier molecular flexibility index (Phi) is 4.27. The van der Waals surface area contributed by atoms with Gasteiger partial charge in [0.1, 0.15) is 0 Å². The molecule has 2 rings (SSSR count). The monoisotopic (exact) mass is 278 g/mol. The van der Waals surface area contributed by atoms with Gasteiger partial charge in [-0.25, -0.2) is 0 Å². The van der Waals surface area contributed by atoms with Crippen molar-refractivity contribution in [2.24, 2.45) is 5.92 Å². The molecule has 0 saturated carbocycles. The molecule has 0 fully saturated rings. The van der Waals surface area contributed by atoms with Crippen LogP contribution in [0.15, 0.2) is 12.1 Å². The highest BCUT2D eigenvalue weighted by Gasteiger charge is 2.32. The van der Waals surface area contributed by atoms with Gasteiger partial charge in [-0.3, -0.25) is 9.59 Å². The topological polar surface area (TPSA) is 61.8 Å². The fraction of sp³-hybridized carbons (Fsp3) is 0.467. The third-order valence-electron chi connectivity index (χ3n) is 3.43. The Morgan fingerprint density at radius 3 is 2.45 bits per heavy atom. The van der Waals surface area contributed by atoms with Crippen LogP contribution in [0.1, 0.15) is 29.3 Å². The summed E-state index contributed by atoms with van der Waals surface area (Å²) < 4.78 is 15.4. The molecule has 1 aromatic rings. The summed E-state index contributed by atoms with van der Waals surface area (Å²) in [6.45, 7) is 2.08. The van der Waals surface area contributed by atoms with Crippen LogP contribution in [0.25, 0.3) is 0 Å². The van der Waals surface area contributed by atoms with Crippen molar-refractivity contribution in [2.45, 2.75) is 19.8 Å². The predicted octanol–water partition coefficient (Wildman–Crippen LogP) is 2.01. The van der Waals surface area contributed by atoms with Crippen molar-refractivity contribution in [3.8, 4) is 11.5 Å². The summed E-state index contributed by atoms with van der Waals surface area (Å²) in [6.07, 6.45) is 0.668. The average molecular weight is 278 g/mol. The van der Waals surface area contributed by atoms with Crippen molar-refractivity contribution in [3.05, 3.63) is 23.3 Å². The molecule has 5 nitrogen and oxygen atoms in total. The summed E-state index contributed by atoms with van der Waals surface area (Å²) >= 11 is 0. The van der Waals surface area contributed by atoms with E-state index in [1.165, 1.54) is 14.2 Å². The Morgan fingerprint density at radius 1 is 1.20 bits per heavy atom. The number of hydrogen-bond donors (Lipinski definition) is 0. The van der Waals surface area contributed by atoms with Crippen LogP contribution in [0.4, 0.5) is 0 Å². The third kappa shape index (κ3) is 2.61. The van der Waals surface area contributed by atoms with E-state index in [-0.39, 0.29) is 18.2 Å². The highest BCUT2D eigenvalue weighted by molar-refractivity contribution is 6.01. The predicted molar refractivity (Wildman–Crippen MR) is 72.3 cm³/mol. The maximum Gasteiger partial charge on any atom is 0.309 e. The molecular formula is C15H18O5. The first-order valence-electron chi connectivity index (χ1n) is 6.55. The molecule has 0 amide bonds. The molecule has 0 saturated heterocycles. The van der Waals surface area contributed by atoms with E-state index in [4.69, 9.17) is 14.2 Å². The molecule has 1 aromatic carbocycles. The number of benzene rings is 1. The van der Waals surface area contributed by atoms with Crippen LogP contribution in [0.3, 0.4) is 0 Å². The van der Waals surface area contributed by atoms with Gasteiger partial charge in [0.05, 0.1) is 26.7 Å². The van der Waals surface area contributed by atoms with E-state index in [1.54, 1.807) is 19.1 Å². The maximum atomic E-state index is 12.2. The van der Waals surface area contributed by atoms with Crippen molar-refractivity contribution in [1.29, 1.82) is 0 Å².